The van der Waals surface area contributed by atoms with Crippen LogP contribution in [-0.4, -0.2) is 40.0 Å². The van der Waals surface area contributed by atoms with Crippen LogP contribution in [0.5, 0.6) is 5.88 Å². The highest BCUT2D eigenvalue weighted by Gasteiger charge is 2.25. The Morgan fingerprint density at radius 1 is 1.12 bits per heavy atom. The van der Waals surface area contributed by atoms with Gasteiger partial charge in [-0.3, -0.25) is 4.79 Å². The van der Waals surface area contributed by atoms with Crippen LogP contribution in [0, 0.1) is 20.8 Å². The van der Waals surface area contributed by atoms with Crippen molar-refractivity contribution in [3.8, 4) is 5.88 Å². The van der Waals surface area contributed by atoms with Crippen LogP contribution in [0.2, 0.25) is 0 Å². The Labute approximate surface area is 142 Å². The minimum atomic E-state index is 0.0996. The van der Waals surface area contributed by atoms with E-state index in [4.69, 9.17) is 4.74 Å². The second kappa shape index (κ2) is 6.99. The molecule has 126 valence electrons. The summed E-state index contributed by atoms with van der Waals surface area (Å²) in [4.78, 5) is 22.9. The first kappa shape index (κ1) is 16.4. The first-order chi connectivity index (χ1) is 11.5. The first-order valence-corrected chi connectivity index (χ1v) is 8.35. The van der Waals surface area contributed by atoms with Gasteiger partial charge in [0.15, 0.2) is 0 Å². The lowest BCUT2D eigenvalue weighted by atomic mass is 10.0. The number of amides is 1. The van der Waals surface area contributed by atoms with Crippen LogP contribution in [0.15, 0.2) is 30.5 Å². The fourth-order valence-corrected chi connectivity index (χ4v) is 3.13. The molecule has 0 aliphatic carbocycles. The normalized spacial score (nSPS) is 15.4. The predicted octanol–water partition coefficient (Wildman–Crippen LogP) is 3.09. The Bertz CT molecular complexity index is 717. The zero-order valence-corrected chi connectivity index (χ0v) is 14.5. The summed E-state index contributed by atoms with van der Waals surface area (Å²) in [6.07, 6.45) is 3.44. The van der Waals surface area contributed by atoms with Gasteiger partial charge in [-0.15, -0.1) is 0 Å². The summed E-state index contributed by atoms with van der Waals surface area (Å²) in [7, 11) is 0. The number of ether oxygens (including phenoxy) is 1. The maximum absolute atomic E-state index is 12.7. The standard InChI is InChI=1S/C19H23N3O2/c1-13-10-14(2)12-16(11-13)19(23)22-8-5-17(6-9-22)24-18-4-7-20-15(3)21-18/h4,7,10-12,17H,5-6,8-9H2,1-3H3. The van der Waals surface area contributed by atoms with E-state index in [2.05, 4.69) is 16.0 Å². The average Bonchev–Trinajstić information content (AvgIpc) is 2.54. The molecule has 1 aromatic heterocycles. The van der Waals surface area contributed by atoms with Gasteiger partial charge in [-0.1, -0.05) is 17.2 Å². The van der Waals surface area contributed by atoms with Crippen LogP contribution >= 0.6 is 0 Å². The SMILES string of the molecule is Cc1cc(C)cc(C(=O)N2CCC(Oc3ccnc(C)n3)CC2)c1. The lowest BCUT2D eigenvalue weighted by Gasteiger charge is -2.32. The summed E-state index contributed by atoms with van der Waals surface area (Å²) in [5.74, 6) is 1.43. The minimum absolute atomic E-state index is 0.0996. The third-order valence-corrected chi connectivity index (χ3v) is 4.24. The minimum Gasteiger partial charge on any atom is -0.474 e. The molecule has 0 radical (unpaired) electrons. The van der Waals surface area contributed by atoms with Crippen LogP contribution in [0.4, 0.5) is 0 Å². The van der Waals surface area contributed by atoms with Crippen molar-refractivity contribution in [2.24, 2.45) is 0 Å². The lowest BCUT2D eigenvalue weighted by molar-refractivity contribution is 0.0587. The molecule has 1 aromatic carbocycles. The number of piperidine rings is 1. The molecule has 1 amide bonds. The largest absolute Gasteiger partial charge is 0.474 e. The molecule has 1 aliphatic rings. The molecule has 0 unspecified atom stereocenters. The molecular formula is C19H23N3O2. The molecule has 0 saturated carbocycles. The predicted molar refractivity (Wildman–Crippen MR) is 92.2 cm³/mol. The quantitative estimate of drug-likeness (QED) is 0.870. The van der Waals surface area contributed by atoms with Crippen LogP contribution in [0.25, 0.3) is 0 Å². The van der Waals surface area contributed by atoms with Crippen molar-refractivity contribution in [1.29, 1.82) is 0 Å². The second-order valence-electron chi connectivity index (χ2n) is 6.43. The number of nitrogens with zero attached hydrogens (tertiary/aromatic N) is 3. The summed E-state index contributed by atoms with van der Waals surface area (Å²) < 4.78 is 5.92. The van der Waals surface area contributed by atoms with Gasteiger partial charge in [0.05, 0.1) is 0 Å². The number of hydrogen-bond acceptors (Lipinski definition) is 4. The van der Waals surface area contributed by atoms with Gasteiger partial charge in [0.25, 0.3) is 5.91 Å². The Morgan fingerprint density at radius 2 is 1.79 bits per heavy atom. The van der Waals surface area contributed by atoms with Crippen molar-refractivity contribution in [2.45, 2.75) is 39.7 Å². The smallest absolute Gasteiger partial charge is 0.253 e. The number of carbonyl (C=O) groups excluding carboxylic acids is 1. The summed E-state index contributed by atoms with van der Waals surface area (Å²) in [6, 6.07) is 7.78. The molecule has 2 aromatic rings. The van der Waals surface area contributed by atoms with E-state index in [-0.39, 0.29) is 12.0 Å². The maximum Gasteiger partial charge on any atom is 0.253 e. The molecule has 3 rings (SSSR count). The molecule has 0 spiro atoms. The highest BCUT2D eigenvalue weighted by molar-refractivity contribution is 5.94. The number of hydrogen-bond donors (Lipinski definition) is 0. The topological polar surface area (TPSA) is 55.3 Å². The van der Waals surface area contributed by atoms with Crippen LogP contribution in [-0.2, 0) is 0 Å². The van der Waals surface area contributed by atoms with Crippen LogP contribution in [0.3, 0.4) is 0 Å². The monoisotopic (exact) mass is 325 g/mol. The fourth-order valence-electron chi connectivity index (χ4n) is 3.13. The first-order valence-electron chi connectivity index (χ1n) is 8.35. The fraction of sp³-hybridized carbons (Fsp3) is 0.421. The average molecular weight is 325 g/mol. The molecule has 24 heavy (non-hydrogen) atoms. The van der Waals surface area contributed by atoms with Gasteiger partial charge in [-0.2, -0.15) is 4.98 Å². The molecular weight excluding hydrogens is 302 g/mol. The molecule has 5 nitrogen and oxygen atoms in total. The zero-order chi connectivity index (χ0) is 17.1. The number of likely N-dealkylation sites (tertiary alicyclic amines) is 1. The number of benzene rings is 1. The zero-order valence-electron chi connectivity index (χ0n) is 14.5. The molecule has 0 bridgehead atoms. The van der Waals surface area contributed by atoms with E-state index in [1.54, 1.807) is 12.3 Å². The Balaban J connectivity index is 1.59. The maximum atomic E-state index is 12.7. The third-order valence-electron chi connectivity index (χ3n) is 4.24. The summed E-state index contributed by atoms with van der Waals surface area (Å²) in [6.45, 7) is 7.31. The Kier molecular flexibility index (Phi) is 4.79. The number of carbonyl (C=O) groups is 1. The molecule has 0 atom stereocenters. The highest BCUT2D eigenvalue weighted by Crippen LogP contribution is 2.19. The molecule has 5 heteroatoms. The van der Waals surface area contributed by atoms with Gasteiger partial charge in [-0.05, 0) is 32.9 Å². The van der Waals surface area contributed by atoms with Gasteiger partial charge in [-0.25, -0.2) is 4.98 Å². The summed E-state index contributed by atoms with van der Waals surface area (Å²) >= 11 is 0. The van der Waals surface area contributed by atoms with Crippen molar-refractivity contribution >= 4 is 5.91 Å². The van der Waals surface area contributed by atoms with Gasteiger partial charge < -0.3 is 9.64 Å². The van der Waals surface area contributed by atoms with E-state index >= 15 is 0 Å². The number of aryl methyl sites for hydroxylation is 3. The molecule has 0 N–H and O–H groups in total. The second-order valence-corrected chi connectivity index (χ2v) is 6.43. The van der Waals surface area contributed by atoms with E-state index in [1.807, 2.05) is 37.8 Å². The van der Waals surface area contributed by atoms with Gasteiger partial charge in [0, 0.05) is 43.8 Å². The van der Waals surface area contributed by atoms with Gasteiger partial charge in [0.1, 0.15) is 11.9 Å². The molecule has 1 aliphatic heterocycles. The third kappa shape index (κ3) is 3.91. The molecule has 1 fully saturated rings. The summed E-state index contributed by atoms with van der Waals surface area (Å²) in [5, 5.41) is 0. The molecule has 1 saturated heterocycles. The van der Waals surface area contributed by atoms with E-state index in [0.29, 0.717) is 24.8 Å². The van der Waals surface area contributed by atoms with Crippen molar-refractivity contribution < 1.29 is 9.53 Å². The van der Waals surface area contributed by atoms with Crippen LogP contribution < -0.4 is 4.74 Å². The van der Waals surface area contributed by atoms with Crippen molar-refractivity contribution in [3.05, 3.63) is 53.0 Å². The number of rotatable bonds is 3. The van der Waals surface area contributed by atoms with Gasteiger partial charge >= 0.3 is 0 Å². The Morgan fingerprint density at radius 3 is 2.42 bits per heavy atom. The van der Waals surface area contributed by atoms with Gasteiger partial charge in [0.2, 0.25) is 5.88 Å². The number of aromatic nitrogens is 2. The van der Waals surface area contributed by atoms with E-state index in [0.717, 1.165) is 29.5 Å². The molecule has 2 heterocycles. The highest BCUT2D eigenvalue weighted by atomic mass is 16.5. The Hall–Kier alpha value is -2.43. The van der Waals surface area contributed by atoms with Crippen molar-refractivity contribution in [2.75, 3.05) is 13.1 Å². The van der Waals surface area contributed by atoms with Crippen molar-refractivity contribution in [3.63, 3.8) is 0 Å². The summed E-state index contributed by atoms with van der Waals surface area (Å²) in [5.41, 5.74) is 3.02. The van der Waals surface area contributed by atoms with E-state index in [1.165, 1.54) is 0 Å². The van der Waals surface area contributed by atoms with E-state index in [9.17, 15) is 4.79 Å². The van der Waals surface area contributed by atoms with E-state index < -0.39 is 0 Å². The lowest BCUT2D eigenvalue weighted by Crippen LogP contribution is -2.41. The van der Waals surface area contributed by atoms with Crippen LogP contribution in [0.1, 0.15) is 40.2 Å². The van der Waals surface area contributed by atoms with Crippen molar-refractivity contribution in [1.82, 2.24) is 14.9 Å².